The number of carbonyl (C=O) groups is 1. The minimum Gasteiger partial charge on any atom is -0.280 e. The summed E-state index contributed by atoms with van der Waals surface area (Å²) < 4.78 is 3.09. The highest BCUT2D eigenvalue weighted by Gasteiger charge is 2.13. The van der Waals surface area contributed by atoms with Crippen molar-refractivity contribution in [2.75, 3.05) is 0 Å². The minimum atomic E-state index is -0.0465. The first kappa shape index (κ1) is 11.3. The van der Waals surface area contributed by atoms with Gasteiger partial charge in [0.25, 0.3) is 0 Å². The number of hydrogen-bond acceptors (Lipinski definition) is 3. The fourth-order valence-electron chi connectivity index (χ4n) is 0.833. The van der Waals surface area contributed by atoms with E-state index in [4.69, 9.17) is 0 Å². The molecular weight excluding hydrogens is 194 g/mol. The van der Waals surface area contributed by atoms with Gasteiger partial charge in [-0.1, -0.05) is 30.3 Å². The number of benzene rings is 1. The van der Waals surface area contributed by atoms with Crippen LogP contribution in [-0.2, 0) is 0 Å². The fraction of sp³-hybridized carbons (Fsp3) is 0.364. The monoisotopic (exact) mass is 209 g/mol. The molecule has 0 unspecified atom stereocenters. The van der Waals surface area contributed by atoms with E-state index in [0.717, 1.165) is 17.5 Å². The standard InChI is InChI=1S/C11H15NOS/c1-11(2,3)12-14-10(13)9-7-5-4-6-8-9/h4-8,12H,1-3H3. The molecule has 0 aliphatic rings. The van der Waals surface area contributed by atoms with Gasteiger partial charge in [0.05, 0.1) is 0 Å². The van der Waals surface area contributed by atoms with Crippen molar-refractivity contribution in [2.24, 2.45) is 0 Å². The molecule has 0 heterocycles. The minimum absolute atomic E-state index is 0.0465. The van der Waals surface area contributed by atoms with E-state index < -0.39 is 0 Å². The molecule has 0 saturated heterocycles. The molecule has 0 spiro atoms. The quantitative estimate of drug-likeness (QED) is 0.759. The van der Waals surface area contributed by atoms with Crippen molar-refractivity contribution < 1.29 is 4.79 Å². The summed E-state index contributed by atoms with van der Waals surface area (Å²) in [5, 5.41) is 0.0560. The third kappa shape index (κ3) is 3.94. The maximum atomic E-state index is 11.6. The van der Waals surface area contributed by atoms with Crippen LogP contribution in [0.3, 0.4) is 0 Å². The van der Waals surface area contributed by atoms with Crippen LogP contribution in [0.15, 0.2) is 30.3 Å². The molecule has 1 aromatic rings. The molecule has 0 amide bonds. The first-order valence-corrected chi connectivity index (χ1v) is 5.34. The second kappa shape index (κ2) is 4.62. The second-order valence-corrected chi connectivity index (χ2v) is 4.89. The van der Waals surface area contributed by atoms with Gasteiger partial charge in [-0.3, -0.25) is 9.52 Å². The van der Waals surface area contributed by atoms with Crippen LogP contribution in [-0.4, -0.2) is 10.7 Å². The number of rotatable bonds is 2. The lowest BCUT2D eigenvalue weighted by molar-refractivity contribution is 0.108. The largest absolute Gasteiger partial charge is 0.280 e. The van der Waals surface area contributed by atoms with Gasteiger partial charge in [0.1, 0.15) is 0 Å². The first-order valence-electron chi connectivity index (χ1n) is 4.52. The summed E-state index contributed by atoms with van der Waals surface area (Å²) in [7, 11) is 0. The Hall–Kier alpha value is -0.800. The zero-order valence-corrected chi connectivity index (χ0v) is 9.52. The number of hydrogen-bond donors (Lipinski definition) is 1. The molecule has 1 aromatic carbocycles. The Morgan fingerprint density at radius 3 is 2.29 bits per heavy atom. The van der Waals surface area contributed by atoms with Crippen molar-refractivity contribution >= 4 is 17.1 Å². The molecular formula is C11H15NOS. The van der Waals surface area contributed by atoms with E-state index in [9.17, 15) is 4.79 Å². The molecule has 0 aromatic heterocycles. The van der Waals surface area contributed by atoms with E-state index in [1.165, 1.54) is 0 Å². The van der Waals surface area contributed by atoms with Crippen molar-refractivity contribution in [3.05, 3.63) is 35.9 Å². The molecule has 0 atom stereocenters. The van der Waals surface area contributed by atoms with Crippen LogP contribution in [0.5, 0.6) is 0 Å². The van der Waals surface area contributed by atoms with Crippen molar-refractivity contribution in [2.45, 2.75) is 26.3 Å². The smallest absolute Gasteiger partial charge is 0.234 e. The second-order valence-electron chi connectivity index (χ2n) is 4.11. The Morgan fingerprint density at radius 2 is 1.79 bits per heavy atom. The maximum absolute atomic E-state index is 11.6. The van der Waals surface area contributed by atoms with Crippen molar-refractivity contribution in [3.8, 4) is 0 Å². The van der Waals surface area contributed by atoms with Crippen LogP contribution < -0.4 is 4.72 Å². The van der Waals surface area contributed by atoms with Crippen LogP contribution in [0.2, 0.25) is 0 Å². The molecule has 0 radical (unpaired) electrons. The number of nitrogens with one attached hydrogen (secondary N) is 1. The molecule has 0 fully saturated rings. The van der Waals surface area contributed by atoms with Gasteiger partial charge < -0.3 is 0 Å². The molecule has 76 valence electrons. The highest BCUT2D eigenvalue weighted by atomic mass is 32.2. The molecule has 0 aliphatic carbocycles. The Labute approximate surface area is 89.2 Å². The van der Waals surface area contributed by atoms with Gasteiger partial charge in [-0.2, -0.15) is 0 Å². The Morgan fingerprint density at radius 1 is 1.21 bits per heavy atom. The molecule has 0 bridgehead atoms. The van der Waals surface area contributed by atoms with E-state index in [2.05, 4.69) is 4.72 Å². The van der Waals surface area contributed by atoms with Gasteiger partial charge >= 0.3 is 0 Å². The van der Waals surface area contributed by atoms with Crippen LogP contribution in [0.1, 0.15) is 31.1 Å². The van der Waals surface area contributed by atoms with Gasteiger partial charge in [0.15, 0.2) is 0 Å². The molecule has 14 heavy (non-hydrogen) atoms. The highest BCUT2D eigenvalue weighted by Crippen LogP contribution is 2.13. The fourth-order valence-corrected chi connectivity index (χ4v) is 1.49. The van der Waals surface area contributed by atoms with Gasteiger partial charge in [0, 0.05) is 11.1 Å². The van der Waals surface area contributed by atoms with Gasteiger partial charge in [0.2, 0.25) is 5.12 Å². The first-order chi connectivity index (χ1) is 6.49. The molecule has 1 N–H and O–H groups in total. The third-order valence-electron chi connectivity index (χ3n) is 1.46. The normalized spacial score (nSPS) is 11.4. The zero-order valence-electron chi connectivity index (χ0n) is 8.70. The van der Waals surface area contributed by atoms with Gasteiger partial charge in [-0.15, -0.1) is 0 Å². The van der Waals surface area contributed by atoms with E-state index >= 15 is 0 Å². The predicted molar refractivity (Wildman–Crippen MR) is 61.3 cm³/mol. The lowest BCUT2D eigenvalue weighted by atomic mass is 10.1. The highest BCUT2D eigenvalue weighted by molar-refractivity contribution is 8.12. The van der Waals surface area contributed by atoms with Gasteiger partial charge in [-0.05, 0) is 32.7 Å². The molecule has 0 saturated carbocycles. The van der Waals surface area contributed by atoms with E-state index in [1.807, 2.05) is 51.1 Å². The zero-order chi connectivity index (χ0) is 10.6. The van der Waals surface area contributed by atoms with E-state index in [-0.39, 0.29) is 10.7 Å². The number of carbonyl (C=O) groups excluding carboxylic acids is 1. The molecule has 2 nitrogen and oxygen atoms in total. The van der Waals surface area contributed by atoms with Crippen molar-refractivity contribution in [1.82, 2.24) is 4.72 Å². The lowest BCUT2D eigenvalue weighted by Crippen LogP contribution is -2.31. The van der Waals surface area contributed by atoms with Crippen LogP contribution in [0, 0.1) is 0 Å². The van der Waals surface area contributed by atoms with Crippen molar-refractivity contribution in [3.63, 3.8) is 0 Å². The Balaban J connectivity index is 2.52. The summed E-state index contributed by atoms with van der Waals surface area (Å²) >= 11 is 1.15. The van der Waals surface area contributed by atoms with Crippen LogP contribution >= 0.6 is 11.9 Å². The Kier molecular flexibility index (Phi) is 3.72. The average Bonchev–Trinajstić information content (AvgIpc) is 2.14. The molecule has 0 aliphatic heterocycles. The summed E-state index contributed by atoms with van der Waals surface area (Å²) in [6.07, 6.45) is 0. The maximum Gasteiger partial charge on any atom is 0.234 e. The van der Waals surface area contributed by atoms with E-state index in [1.54, 1.807) is 0 Å². The van der Waals surface area contributed by atoms with Crippen LogP contribution in [0.4, 0.5) is 0 Å². The van der Waals surface area contributed by atoms with Crippen molar-refractivity contribution in [1.29, 1.82) is 0 Å². The third-order valence-corrected chi connectivity index (χ3v) is 2.59. The Bertz CT molecular complexity index is 303. The topological polar surface area (TPSA) is 29.1 Å². The van der Waals surface area contributed by atoms with Gasteiger partial charge in [-0.25, -0.2) is 0 Å². The van der Waals surface area contributed by atoms with E-state index in [0.29, 0.717) is 0 Å². The summed E-state index contributed by atoms with van der Waals surface area (Å²) in [6, 6.07) is 9.27. The van der Waals surface area contributed by atoms with Crippen LogP contribution in [0.25, 0.3) is 0 Å². The predicted octanol–water partition coefficient (Wildman–Crippen LogP) is 2.86. The summed E-state index contributed by atoms with van der Waals surface area (Å²) in [5.74, 6) is 0. The SMILES string of the molecule is CC(C)(C)NSC(=O)c1ccccc1. The molecule has 1 rings (SSSR count). The summed E-state index contributed by atoms with van der Waals surface area (Å²) in [5.41, 5.74) is 0.684. The molecule has 3 heteroatoms. The average molecular weight is 209 g/mol. The summed E-state index contributed by atoms with van der Waals surface area (Å²) in [4.78, 5) is 11.6. The lowest BCUT2D eigenvalue weighted by Gasteiger charge is -2.18. The summed E-state index contributed by atoms with van der Waals surface area (Å²) in [6.45, 7) is 6.08.